The Bertz CT molecular complexity index is 496. The van der Waals surface area contributed by atoms with E-state index in [0.717, 1.165) is 13.1 Å². The van der Waals surface area contributed by atoms with Gasteiger partial charge in [-0.1, -0.05) is 6.42 Å². The first-order valence-corrected chi connectivity index (χ1v) is 7.07. The molecule has 5 nitrogen and oxygen atoms in total. The van der Waals surface area contributed by atoms with Gasteiger partial charge in [0.1, 0.15) is 0 Å². The van der Waals surface area contributed by atoms with Crippen molar-refractivity contribution >= 4 is 0 Å². The molecule has 1 aliphatic heterocycles. The zero-order valence-electron chi connectivity index (χ0n) is 11.4. The molecule has 0 aliphatic carbocycles. The monoisotopic (exact) mass is 259 g/mol. The van der Waals surface area contributed by atoms with Gasteiger partial charge in [-0.15, -0.1) is 0 Å². The zero-order valence-corrected chi connectivity index (χ0v) is 11.4. The van der Waals surface area contributed by atoms with Crippen molar-refractivity contribution in [3.8, 4) is 0 Å². The number of imidazole rings is 1. The Morgan fingerprint density at radius 3 is 3.16 bits per heavy atom. The van der Waals surface area contributed by atoms with Crippen LogP contribution in [0.5, 0.6) is 0 Å². The summed E-state index contributed by atoms with van der Waals surface area (Å²) in [5, 5.41) is 7.87. The van der Waals surface area contributed by atoms with Crippen LogP contribution in [0.3, 0.4) is 0 Å². The molecule has 1 N–H and O–H groups in total. The van der Waals surface area contributed by atoms with Crippen molar-refractivity contribution in [1.82, 2.24) is 24.6 Å². The Hall–Kier alpha value is -1.62. The van der Waals surface area contributed by atoms with E-state index in [1.165, 1.54) is 25.0 Å². The SMILES string of the molecule is CC(Cn1cccn1)n1cncc1C1CCCCN1. The largest absolute Gasteiger partial charge is 0.328 e. The summed E-state index contributed by atoms with van der Waals surface area (Å²) in [5.74, 6) is 0. The van der Waals surface area contributed by atoms with Gasteiger partial charge in [-0.2, -0.15) is 5.10 Å². The molecule has 1 fully saturated rings. The Balaban J connectivity index is 1.75. The Kier molecular flexibility index (Phi) is 3.64. The van der Waals surface area contributed by atoms with Gasteiger partial charge in [0.2, 0.25) is 0 Å². The summed E-state index contributed by atoms with van der Waals surface area (Å²) in [4.78, 5) is 4.34. The van der Waals surface area contributed by atoms with Crippen molar-refractivity contribution in [2.45, 2.75) is 44.8 Å². The second-order valence-electron chi connectivity index (χ2n) is 5.31. The lowest BCUT2D eigenvalue weighted by Gasteiger charge is -2.26. The molecule has 0 radical (unpaired) electrons. The van der Waals surface area contributed by atoms with E-state index in [2.05, 4.69) is 26.9 Å². The third-order valence-corrected chi connectivity index (χ3v) is 3.85. The molecule has 2 atom stereocenters. The van der Waals surface area contributed by atoms with Crippen molar-refractivity contribution in [1.29, 1.82) is 0 Å². The summed E-state index contributed by atoms with van der Waals surface area (Å²) in [7, 11) is 0. The van der Waals surface area contributed by atoms with E-state index in [9.17, 15) is 0 Å². The van der Waals surface area contributed by atoms with Crippen molar-refractivity contribution in [3.63, 3.8) is 0 Å². The van der Waals surface area contributed by atoms with Gasteiger partial charge in [0.05, 0.1) is 24.6 Å². The molecule has 0 bridgehead atoms. The van der Waals surface area contributed by atoms with Crippen molar-refractivity contribution < 1.29 is 0 Å². The number of nitrogens with zero attached hydrogens (tertiary/aromatic N) is 4. The lowest BCUT2D eigenvalue weighted by Crippen LogP contribution is -2.29. The number of rotatable bonds is 4. The quantitative estimate of drug-likeness (QED) is 0.915. The van der Waals surface area contributed by atoms with E-state index in [-0.39, 0.29) is 0 Å². The molecule has 2 aromatic rings. The average molecular weight is 259 g/mol. The molecule has 0 aromatic carbocycles. The van der Waals surface area contributed by atoms with Gasteiger partial charge in [-0.05, 0) is 32.4 Å². The molecule has 3 rings (SSSR count). The van der Waals surface area contributed by atoms with Crippen LogP contribution in [0.2, 0.25) is 0 Å². The number of piperidine rings is 1. The predicted octanol–water partition coefficient (Wildman–Crippen LogP) is 2.16. The van der Waals surface area contributed by atoms with Crippen LogP contribution in [-0.4, -0.2) is 25.9 Å². The smallest absolute Gasteiger partial charge is 0.0951 e. The van der Waals surface area contributed by atoms with Crippen molar-refractivity contribution in [2.24, 2.45) is 0 Å². The van der Waals surface area contributed by atoms with E-state index in [1.807, 2.05) is 35.7 Å². The van der Waals surface area contributed by atoms with Gasteiger partial charge >= 0.3 is 0 Å². The summed E-state index contributed by atoms with van der Waals surface area (Å²) < 4.78 is 4.26. The minimum atomic E-state index is 0.362. The molecular formula is C14H21N5. The maximum atomic E-state index is 4.34. The zero-order chi connectivity index (χ0) is 13.1. The minimum absolute atomic E-state index is 0.362. The summed E-state index contributed by atoms with van der Waals surface area (Å²) in [6.07, 6.45) is 11.6. The number of nitrogens with one attached hydrogen (secondary N) is 1. The maximum Gasteiger partial charge on any atom is 0.0951 e. The van der Waals surface area contributed by atoms with Gasteiger partial charge < -0.3 is 9.88 Å². The molecule has 0 saturated carbocycles. The van der Waals surface area contributed by atoms with E-state index >= 15 is 0 Å². The molecule has 19 heavy (non-hydrogen) atoms. The summed E-state index contributed by atoms with van der Waals surface area (Å²) in [5.41, 5.74) is 1.30. The fraction of sp³-hybridized carbons (Fsp3) is 0.571. The van der Waals surface area contributed by atoms with Crippen molar-refractivity contribution in [3.05, 3.63) is 36.7 Å². The molecule has 5 heteroatoms. The third-order valence-electron chi connectivity index (χ3n) is 3.85. The van der Waals surface area contributed by atoms with Crippen LogP contribution in [0.1, 0.15) is 44.0 Å². The molecule has 1 aliphatic rings. The molecule has 102 valence electrons. The fourth-order valence-corrected chi connectivity index (χ4v) is 2.82. The standard InChI is InChI=1S/C14H21N5/c1-12(10-18-8-4-7-17-18)19-11-15-9-14(19)13-5-2-3-6-16-13/h4,7-9,11-13,16H,2-3,5-6,10H2,1H3. The first-order valence-electron chi connectivity index (χ1n) is 7.07. The molecule has 1 saturated heterocycles. The number of hydrogen-bond donors (Lipinski definition) is 1. The first kappa shape index (κ1) is 12.4. The molecule has 2 aromatic heterocycles. The lowest BCUT2D eigenvalue weighted by atomic mass is 10.0. The van der Waals surface area contributed by atoms with E-state index in [1.54, 1.807) is 0 Å². The predicted molar refractivity (Wildman–Crippen MR) is 73.8 cm³/mol. The van der Waals surface area contributed by atoms with Crippen molar-refractivity contribution in [2.75, 3.05) is 6.54 Å². The highest BCUT2D eigenvalue weighted by Crippen LogP contribution is 2.25. The van der Waals surface area contributed by atoms with Crippen LogP contribution in [0.15, 0.2) is 31.0 Å². The highest BCUT2D eigenvalue weighted by atomic mass is 15.3. The van der Waals surface area contributed by atoms with Crippen LogP contribution in [0.4, 0.5) is 0 Å². The van der Waals surface area contributed by atoms with Crippen LogP contribution >= 0.6 is 0 Å². The van der Waals surface area contributed by atoms with Gasteiger partial charge in [0.25, 0.3) is 0 Å². The van der Waals surface area contributed by atoms with E-state index < -0.39 is 0 Å². The van der Waals surface area contributed by atoms with E-state index in [0.29, 0.717) is 12.1 Å². The highest BCUT2D eigenvalue weighted by molar-refractivity contribution is 5.07. The Morgan fingerprint density at radius 2 is 2.42 bits per heavy atom. The topological polar surface area (TPSA) is 47.7 Å². The molecule has 2 unspecified atom stereocenters. The third kappa shape index (κ3) is 2.71. The summed E-state index contributed by atoms with van der Waals surface area (Å²) in [6.45, 7) is 4.21. The fourth-order valence-electron chi connectivity index (χ4n) is 2.82. The van der Waals surface area contributed by atoms with Crippen LogP contribution in [0, 0.1) is 0 Å². The molecule has 3 heterocycles. The Labute approximate surface area is 113 Å². The summed E-state index contributed by atoms with van der Waals surface area (Å²) >= 11 is 0. The van der Waals surface area contributed by atoms with Crippen LogP contribution in [0.25, 0.3) is 0 Å². The average Bonchev–Trinajstić information content (AvgIpc) is 3.10. The molecular weight excluding hydrogens is 238 g/mol. The van der Waals surface area contributed by atoms with Crippen LogP contribution in [-0.2, 0) is 6.54 Å². The second kappa shape index (κ2) is 5.57. The minimum Gasteiger partial charge on any atom is -0.328 e. The van der Waals surface area contributed by atoms with Gasteiger partial charge in [0.15, 0.2) is 0 Å². The van der Waals surface area contributed by atoms with Gasteiger partial charge in [-0.25, -0.2) is 4.98 Å². The molecule has 0 spiro atoms. The first-order chi connectivity index (χ1) is 9.34. The van der Waals surface area contributed by atoms with Gasteiger partial charge in [-0.3, -0.25) is 4.68 Å². The normalized spacial score (nSPS) is 21.4. The Morgan fingerprint density at radius 1 is 1.47 bits per heavy atom. The lowest BCUT2D eigenvalue weighted by molar-refractivity contribution is 0.365. The van der Waals surface area contributed by atoms with Crippen LogP contribution < -0.4 is 5.32 Å². The molecule has 0 amide bonds. The highest BCUT2D eigenvalue weighted by Gasteiger charge is 2.20. The second-order valence-corrected chi connectivity index (χ2v) is 5.31. The van der Waals surface area contributed by atoms with E-state index in [4.69, 9.17) is 0 Å². The van der Waals surface area contributed by atoms with Gasteiger partial charge in [0, 0.05) is 24.6 Å². The summed E-state index contributed by atoms with van der Waals surface area (Å²) in [6, 6.07) is 2.78. The number of hydrogen-bond acceptors (Lipinski definition) is 3. The maximum absolute atomic E-state index is 4.34. The number of aromatic nitrogens is 4.